The SMILES string of the molecule is CNC1CCN(Cc2nc(C)ccc2O)C1.Cl. The van der Waals surface area contributed by atoms with Gasteiger partial charge in [0.15, 0.2) is 0 Å². The third kappa shape index (κ3) is 3.56. The van der Waals surface area contributed by atoms with Gasteiger partial charge in [0.05, 0.1) is 5.69 Å². The van der Waals surface area contributed by atoms with Crippen LogP contribution in [0.1, 0.15) is 17.8 Å². The second-order valence-electron chi connectivity index (χ2n) is 4.43. The van der Waals surface area contributed by atoms with E-state index < -0.39 is 0 Å². The van der Waals surface area contributed by atoms with Gasteiger partial charge in [-0.25, -0.2) is 0 Å². The van der Waals surface area contributed by atoms with Crippen LogP contribution in [0.15, 0.2) is 12.1 Å². The smallest absolute Gasteiger partial charge is 0.138 e. The van der Waals surface area contributed by atoms with E-state index in [-0.39, 0.29) is 12.4 Å². The summed E-state index contributed by atoms with van der Waals surface area (Å²) in [7, 11) is 2.00. The summed E-state index contributed by atoms with van der Waals surface area (Å²) in [5, 5.41) is 13.0. The highest BCUT2D eigenvalue weighted by Gasteiger charge is 2.21. The molecule has 0 bridgehead atoms. The number of halogens is 1. The van der Waals surface area contributed by atoms with Crippen molar-refractivity contribution in [3.63, 3.8) is 0 Å². The van der Waals surface area contributed by atoms with Crippen LogP contribution in [-0.4, -0.2) is 41.2 Å². The molecule has 1 aliphatic rings. The molecule has 5 heteroatoms. The fourth-order valence-corrected chi connectivity index (χ4v) is 2.14. The third-order valence-corrected chi connectivity index (χ3v) is 3.14. The Morgan fingerprint density at radius 1 is 1.53 bits per heavy atom. The van der Waals surface area contributed by atoms with E-state index in [0.29, 0.717) is 11.8 Å². The van der Waals surface area contributed by atoms with E-state index in [9.17, 15) is 5.11 Å². The predicted molar refractivity (Wildman–Crippen MR) is 70.6 cm³/mol. The molecule has 0 amide bonds. The van der Waals surface area contributed by atoms with E-state index in [1.54, 1.807) is 6.07 Å². The van der Waals surface area contributed by atoms with E-state index >= 15 is 0 Å². The largest absolute Gasteiger partial charge is 0.506 e. The summed E-state index contributed by atoms with van der Waals surface area (Å²) in [5.74, 6) is 0.304. The topological polar surface area (TPSA) is 48.4 Å². The number of likely N-dealkylation sites (tertiary alicyclic amines) is 1. The van der Waals surface area contributed by atoms with Crippen molar-refractivity contribution >= 4 is 12.4 Å². The standard InChI is InChI=1S/C12H19N3O.ClH/c1-9-3-4-12(16)11(14-9)8-15-6-5-10(7-15)13-2;/h3-4,10,13,16H,5-8H2,1-2H3;1H. The average molecular weight is 258 g/mol. The molecule has 1 aromatic rings. The molecule has 1 saturated heterocycles. The summed E-state index contributed by atoms with van der Waals surface area (Å²) < 4.78 is 0. The second-order valence-corrected chi connectivity index (χ2v) is 4.43. The maximum atomic E-state index is 9.71. The number of aromatic hydroxyl groups is 1. The molecule has 2 rings (SSSR count). The molecule has 1 atom stereocenters. The fraction of sp³-hybridized carbons (Fsp3) is 0.583. The number of hydrogen-bond donors (Lipinski definition) is 2. The lowest BCUT2D eigenvalue weighted by molar-refractivity contribution is 0.311. The summed E-state index contributed by atoms with van der Waals surface area (Å²) in [6, 6.07) is 4.13. The van der Waals surface area contributed by atoms with Gasteiger partial charge in [-0.2, -0.15) is 0 Å². The zero-order chi connectivity index (χ0) is 11.5. The molecule has 2 N–H and O–H groups in total. The normalized spacial score (nSPS) is 20.2. The lowest BCUT2D eigenvalue weighted by Gasteiger charge is -2.16. The van der Waals surface area contributed by atoms with Crippen molar-refractivity contribution in [1.82, 2.24) is 15.2 Å². The van der Waals surface area contributed by atoms with E-state index in [4.69, 9.17) is 0 Å². The van der Waals surface area contributed by atoms with Crippen molar-refractivity contribution < 1.29 is 5.11 Å². The van der Waals surface area contributed by atoms with Crippen molar-refractivity contribution in [2.24, 2.45) is 0 Å². The van der Waals surface area contributed by atoms with Gasteiger partial charge in [-0.1, -0.05) is 0 Å². The monoisotopic (exact) mass is 257 g/mol. The molecule has 0 radical (unpaired) electrons. The molecule has 1 aliphatic heterocycles. The maximum Gasteiger partial charge on any atom is 0.138 e. The van der Waals surface area contributed by atoms with Crippen LogP contribution in [0.2, 0.25) is 0 Å². The minimum absolute atomic E-state index is 0. The van der Waals surface area contributed by atoms with Gasteiger partial charge in [-0.3, -0.25) is 9.88 Å². The molecule has 1 aromatic heterocycles. The van der Waals surface area contributed by atoms with Crippen molar-refractivity contribution in [3.05, 3.63) is 23.5 Å². The summed E-state index contributed by atoms with van der Waals surface area (Å²) in [5.41, 5.74) is 1.74. The summed E-state index contributed by atoms with van der Waals surface area (Å²) in [4.78, 5) is 6.70. The lowest BCUT2D eigenvalue weighted by Crippen LogP contribution is -2.29. The van der Waals surface area contributed by atoms with Gasteiger partial charge in [0, 0.05) is 31.4 Å². The van der Waals surface area contributed by atoms with Crippen LogP contribution in [0.4, 0.5) is 0 Å². The van der Waals surface area contributed by atoms with Crippen LogP contribution in [0.5, 0.6) is 5.75 Å². The zero-order valence-electron chi connectivity index (χ0n) is 10.3. The molecule has 17 heavy (non-hydrogen) atoms. The van der Waals surface area contributed by atoms with Crippen molar-refractivity contribution in [3.8, 4) is 5.75 Å². The molecule has 0 saturated carbocycles. The summed E-state index contributed by atoms with van der Waals surface area (Å²) in [6.07, 6.45) is 1.17. The lowest BCUT2D eigenvalue weighted by atomic mass is 10.2. The van der Waals surface area contributed by atoms with Crippen LogP contribution in [0.3, 0.4) is 0 Å². The van der Waals surface area contributed by atoms with Crippen molar-refractivity contribution in [2.75, 3.05) is 20.1 Å². The number of aryl methyl sites for hydroxylation is 1. The zero-order valence-corrected chi connectivity index (χ0v) is 11.1. The molecule has 4 nitrogen and oxygen atoms in total. The molecule has 1 fully saturated rings. The van der Waals surface area contributed by atoms with Crippen LogP contribution < -0.4 is 5.32 Å². The molecule has 2 heterocycles. The molecule has 0 aliphatic carbocycles. The molecule has 1 unspecified atom stereocenters. The minimum Gasteiger partial charge on any atom is -0.506 e. The van der Waals surface area contributed by atoms with E-state index in [1.165, 1.54) is 6.42 Å². The van der Waals surface area contributed by atoms with Crippen LogP contribution in [0.25, 0.3) is 0 Å². The molecule has 0 aromatic carbocycles. The number of nitrogens with one attached hydrogen (secondary N) is 1. The summed E-state index contributed by atoms with van der Waals surface area (Å²) in [6.45, 7) is 4.79. The van der Waals surface area contributed by atoms with Gasteiger partial charge in [0.25, 0.3) is 0 Å². The maximum absolute atomic E-state index is 9.71. The minimum atomic E-state index is 0. The Balaban J connectivity index is 0.00000144. The highest BCUT2D eigenvalue weighted by Crippen LogP contribution is 2.19. The first kappa shape index (κ1) is 14.2. The summed E-state index contributed by atoms with van der Waals surface area (Å²) >= 11 is 0. The number of aromatic nitrogens is 1. The Labute approximate surface area is 108 Å². The van der Waals surface area contributed by atoms with Crippen molar-refractivity contribution in [1.29, 1.82) is 0 Å². The molecular weight excluding hydrogens is 238 g/mol. The first-order valence-corrected chi connectivity index (χ1v) is 5.74. The van der Waals surface area contributed by atoms with Gasteiger partial charge in [-0.15, -0.1) is 12.4 Å². The van der Waals surface area contributed by atoms with Crippen LogP contribution in [-0.2, 0) is 6.54 Å². The first-order chi connectivity index (χ1) is 7.69. The Kier molecular flexibility index (Phi) is 5.18. The van der Waals surface area contributed by atoms with Gasteiger partial charge in [0.2, 0.25) is 0 Å². The third-order valence-electron chi connectivity index (χ3n) is 3.14. The van der Waals surface area contributed by atoms with Gasteiger partial charge in [-0.05, 0) is 32.5 Å². The van der Waals surface area contributed by atoms with Gasteiger partial charge in [0.1, 0.15) is 5.75 Å². The predicted octanol–water partition coefficient (Wildman–Crippen LogP) is 1.31. The number of likely N-dealkylation sites (N-methyl/N-ethyl adjacent to an activating group) is 1. The number of rotatable bonds is 3. The van der Waals surface area contributed by atoms with Gasteiger partial charge < -0.3 is 10.4 Å². The van der Waals surface area contributed by atoms with Gasteiger partial charge >= 0.3 is 0 Å². The Morgan fingerprint density at radius 2 is 2.29 bits per heavy atom. The Hall–Kier alpha value is -0.840. The number of hydrogen-bond acceptors (Lipinski definition) is 4. The quantitative estimate of drug-likeness (QED) is 0.857. The molecule has 96 valence electrons. The highest BCUT2D eigenvalue weighted by atomic mass is 35.5. The highest BCUT2D eigenvalue weighted by molar-refractivity contribution is 5.85. The van der Waals surface area contributed by atoms with E-state index in [0.717, 1.165) is 31.0 Å². The van der Waals surface area contributed by atoms with Crippen molar-refractivity contribution in [2.45, 2.75) is 25.9 Å². The van der Waals surface area contributed by atoms with Crippen LogP contribution >= 0.6 is 12.4 Å². The molecule has 0 spiro atoms. The number of pyridine rings is 1. The van der Waals surface area contributed by atoms with E-state index in [2.05, 4.69) is 15.2 Å². The van der Waals surface area contributed by atoms with E-state index in [1.807, 2.05) is 20.0 Å². The fourth-order valence-electron chi connectivity index (χ4n) is 2.14. The second kappa shape index (κ2) is 6.19. The van der Waals surface area contributed by atoms with Crippen LogP contribution in [0, 0.1) is 6.92 Å². The Morgan fingerprint density at radius 3 is 2.94 bits per heavy atom. The molecular formula is C12H20ClN3O. The Bertz CT molecular complexity index is 373. The average Bonchev–Trinajstić information content (AvgIpc) is 2.71. The first-order valence-electron chi connectivity index (χ1n) is 5.74. The number of nitrogens with zero attached hydrogens (tertiary/aromatic N) is 2.